The van der Waals surface area contributed by atoms with E-state index >= 15 is 0 Å². The molecule has 0 saturated heterocycles. The molecule has 0 bridgehead atoms. The minimum absolute atomic E-state index is 0.170. The van der Waals surface area contributed by atoms with Crippen LogP contribution in [0, 0.1) is 20.8 Å². The summed E-state index contributed by atoms with van der Waals surface area (Å²) in [5.41, 5.74) is 11.9. The van der Waals surface area contributed by atoms with E-state index < -0.39 is 0 Å². The maximum atomic E-state index is 6.87. The van der Waals surface area contributed by atoms with Crippen LogP contribution in [0.5, 0.6) is 5.75 Å². The summed E-state index contributed by atoms with van der Waals surface area (Å²) in [4.78, 5) is 9.17. The van der Waals surface area contributed by atoms with Gasteiger partial charge in [0.15, 0.2) is 0 Å². The number of nitrogens with zero attached hydrogens (tertiary/aromatic N) is 4. The Kier molecular flexibility index (Phi) is 7.14. The van der Waals surface area contributed by atoms with E-state index in [4.69, 9.17) is 27.9 Å². The van der Waals surface area contributed by atoms with Crippen LogP contribution in [0.1, 0.15) is 59.2 Å². The zero-order chi connectivity index (χ0) is 28.1. The van der Waals surface area contributed by atoms with E-state index in [2.05, 4.69) is 76.8 Å². The maximum absolute atomic E-state index is 6.87. The number of rotatable bonds is 8. The lowest BCUT2D eigenvalue weighted by molar-refractivity contribution is 0.229. The molecule has 6 aromatic rings. The summed E-state index contributed by atoms with van der Waals surface area (Å²) >= 11 is 12.6. The van der Waals surface area contributed by atoms with Crippen molar-refractivity contribution in [3.05, 3.63) is 88.3 Å². The van der Waals surface area contributed by atoms with Gasteiger partial charge in [0.05, 0.1) is 28.4 Å². The molecule has 0 amide bonds. The van der Waals surface area contributed by atoms with Crippen molar-refractivity contribution in [2.45, 2.75) is 60.0 Å². The van der Waals surface area contributed by atoms with Crippen molar-refractivity contribution in [2.24, 2.45) is 0 Å². The molecule has 0 fully saturated rings. The summed E-state index contributed by atoms with van der Waals surface area (Å²) in [6.45, 7) is 10.6. The van der Waals surface area contributed by atoms with Crippen molar-refractivity contribution in [1.29, 1.82) is 0 Å². The second-order valence-electron chi connectivity index (χ2n) is 10.6. The molecule has 5 nitrogen and oxygen atoms in total. The molecule has 7 heteroatoms. The molecule has 0 radical (unpaired) electrons. The van der Waals surface area contributed by atoms with Crippen molar-refractivity contribution >= 4 is 56.0 Å². The molecule has 4 heterocycles. The molecule has 0 aliphatic rings. The Morgan fingerprint density at radius 2 is 1.62 bits per heavy atom. The molecule has 2 aromatic carbocycles. The lowest BCUT2D eigenvalue weighted by atomic mass is 9.96. The fourth-order valence-electron chi connectivity index (χ4n) is 6.60. The van der Waals surface area contributed by atoms with Gasteiger partial charge in [0, 0.05) is 34.9 Å². The van der Waals surface area contributed by atoms with Crippen LogP contribution >= 0.6 is 23.2 Å². The van der Waals surface area contributed by atoms with Crippen molar-refractivity contribution in [3.8, 4) is 5.75 Å². The summed E-state index contributed by atoms with van der Waals surface area (Å²) in [6, 6.07) is 10.8. The Morgan fingerprint density at radius 3 is 2.38 bits per heavy atom. The van der Waals surface area contributed by atoms with Gasteiger partial charge in [0.2, 0.25) is 0 Å². The summed E-state index contributed by atoms with van der Waals surface area (Å²) in [5.74, 6) is 2.94. The Hall–Kier alpha value is -3.28. The number of halogens is 2. The van der Waals surface area contributed by atoms with E-state index in [1.54, 1.807) is 0 Å². The van der Waals surface area contributed by atoms with E-state index in [9.17, 15) is 0 Å². The van der Waals surface area contributed by atoms with Gasteiger partial charge >= 0.3 is 0 Å². The van der Waals surface area contributed by atoms with Crippen LogP contribution in [-0.4, -0.2) is 30.5 Å². The van der Waals surface area contributed by atoms with Gasteiger partial charge in [0.1, 0.15) is 17.7 Å². The Labute approximate surface area is 244 Å². The van der Waals surface area contributed by atoms with Gasteiger partial charge in [0.25, 0.3) is 0 Å². The standard InChI is InChI=1S/C33H34Cl2N4O/c1-6-23-24(10-11-25-26(12-14-34)31-19(2)16-36-18-38(31)33(23)25)21(4)40-29-9-7-8-28-30(29)27(13-15-35)32-20(3)17-37-22(5)39(28)32/h7-11,16-18,21H,6,12-15H2,1-5H3. The minimum atomic E-state index is -0.170. The van der Waals surface area contributed by atoms with E-state index in [-0.39, 0.29) is 6.10 Å². The summed E-state index contributed by atoms with van der Waals surface area (Å²) in [6.07, 6.45) is 8.09. The monoisotopic (exact) mass is 572 g/mol. The highest BCUT2D eigenvalue weighted by Gasteiger charge is 2.23. The number of ether oxygens (including phenoxy) is 1. The van der Waals surface area contributed by atoms with Gasteiger partial charge in [-0.25, -0.2) is 9.97 Å². The molecule has 0 aliphatic heterocycles. The fourth-order valence-corrected chi connectivity index (χ4v) is 6.98. The van der Waals surface area contributed by atoms with Crippen LogP contribution in [0.25, 0.3) is 32.8 Å². The van der Waals surface area contributed by atoms with Crippen LogP contribution in [0.3, 0.4) is 0 Å². The van der Waals surface area contributed by atoms with Crippen LogP contribution < -0.4 is 4.74 Å². The average Bonchev–Trinajstić information content (AvgIpc) is 3.46. The molecule has 6 rings (SSSR count). The molecule has 40 heavy (non-hydrogen) atoms. The first-order valence-corrected chi connectivity index (χ1v) is 15.0. The largest absolute Gasteiger partial charge is 0.485 e. The average molecular weight is 574 g/mol. The van der Waals surface area contributed by atoms with Gasteiger partial charge in [-0.15, -0.1) is 23.2 Å². The highest BCUT2D eigenvalue weighted by Crippen LogP contribution is 2.40. The van der Waals surface area contributed by atoms with Crippen LogP contribution in [0.2, 0.25) is 0 Å². The molecule has 0 saturated carbocycles. The number of alkyl halides is 2. The van der Waals surface area contributed by atoms with Gasteiger partial charge in [-0.05, 0) is 92.5 Å². The second-order valence-corrected chi connectivity index (χ2v) is 11.4. The fraction of sp³-hybridized carbons (Fsp3) is 0.333. The first-order chi connectivity index (χ1) is 19.4. The number of hydrogen-bond acceptors (Lipinski definition) is 3. The van der Waals surface area contributed by atoms with Crippen LogP contribution in [-0.2, 0) is 19.3 Å². The highest BCUT2D eigenvalue weighted by molar-refractivity contribution is 6.18. The van der Waals surface area contributed by atoms with Crippen molar-refractivity contribution in [1.82, 2.24) is 18.8 Å². The van der Waals surface area contributed by atoms with E-state index in [1.807, 2.05) is 25.6 Å². The van der Waals surface area contributed by atoms with Gasteiger partial charge < -0.3 is 4.74 Å². The lowest BCUT2D eigenvalue weighted by Gasteiger charge is -2.20. The first kappa shape index (κ1) is 26.9. The molecule has 0 spiro atoms. The maximum Gasteiger partial charge on any atom is 0.129 e. The van der Waals surface area contributed by atoms with Crippen molar-refractivity contribution < 1.29 is 4.74 Å². The molecule has 4 aromatic heterocycles. The molecular weight excluding hydrogens is 539 g/mol. The predicted molar refractivity (Wildman–Crippen MR) is 167 cm³/mol. The predicted octanol–water partition coefficient (Wildman–Crippen LogP) is 8.48. The van der Waals surface area contributed by atoms with E-state index in [0.717, 1.165) is 52.9 Å². The quantitative estimate of drug-likeness (QED) is 0.172. The summed E-state index contributed by atoms with van der Waals surface area (Å²) in [7, 11) is 0. The summed E-state index contributed by atoms with van der Waals surface area (Å²) < 4.78 is 11.4. The number of fused-ring (bicyclic) bond motifs is 6. The Morgan fingerprint density at radius 1 is 0.875 bits per heavy atom. The van der Waals surface area contributed by atoms with Crippen molar-refractivity contribution in [2.75, 3.05) is 11.8 Å². The number of aryl methyl sites for hydroxylation is 6. The number of hydrogen-bond donors (Lipinski definition) is 0. The number of aromatic nitrogens is 4. The topological polar surface area (TPSA) is 43.8 Å². The number of benzene rings is 2. The van der Waals surface area contributed by atoms with Gasteiger partial charge in [-0.1, -0.05) is 25.1 Å². The summed E-state index contributed by atoms with van der Waals surface area (Å²) in [5, 5.41) is 2.36. The third-order valence-corrected chi connectivity index (χ3v) is 8.60. The SMILES string of the molecule is CCc1c(C(C)Oc2cccc3c2c(CCCl)c2c(C)cnc(C)n23)ccc2c(CCCl)c3c(C)cncn3c12. The first-order valence-electron chi connectivity index (χ1n) is 14.0. The third-order valence-electron chi connectivity index (χ3n) is 8.22. The van der Waals surface area contributed by atoms with Crippen LogP contribution in [0.15, 0.2) is 49.1 Å². The van der Waals surface area contributed by atoms with Gasteiger partial charge in [-0.3, -0.25) is 8.80 Å². The highest BCUT2D eigenvalue weighted by atomic mass is 35.5. The second kappa shape index (κ2) is 10.6. The van der Waals surface area contributed by atoms with E-state index in [0.29, 0.717) is 11.8 Å². The zero-order valence-electron chi connectivity index (χ0n) is 23.7. The van der Waals surface area contributed by atoms with Crippen LogP contribution in [0.4, 0.5) is 0 Å². The smallest absolute Gasteiger partial charge is 0.129 e. The molecule has 0 aliphatic carbocycles. The lowest BCUT2D eigenvalue weighted by Crippen LogP contribution is -2.08. The minimum Gasteiger partial charge on any atom is -0.485 e. The van der Waals surface area contributed by atoms with E-state index in [1.165, 1.54) is 44.2 Å². The Bertz CT molecular complexity index is 1900. The zero-order valence-corrected chi connectivity index (χ0v) is 25.2. The van der Waals surface area contributed by atoms with Crippen molar-refractivity contribution in [3.63, 3.8) is 0 Å². The molecule has 1 atom stereocenters. The third kappa shape index (κ3) is 4.05. The molecular formula is C33H34Cl2N4O. The molecule has 1 unspecified atom stereocenters. The Balaban J connectivity index is 1.54. The molecule has 0 N–H and O–H groups in total. The van der Waals surface area contributed by atoms with Gasteiger partial charge in [-0.2, -0.15) is 0 Å². The normalized spacial score (nSPS) is 12.8. The molecule has 206 valence electrons.